The summed E-state index contributed by atoms with van der Waals surface area (Å²) in [6, 6.07) is 6.34. The van der Waals surface area contributed by atoms with Gasteiger partial charge in [-0.25, -0.2) is 4.68 Å². The van der Waals surface area contributed by atoms with Crippen molar-refractivity contribution in [3.05, 3.63) is 47.0 Å². The van der Waals surface area contributed by atoms with E-state index in [0.29, 0.717) is 5.69 Å². The number of nitrogens with zero attached hydrogens (tertiary/aromatic N) is 3. The maximum Gasteiger partial charge on any atom is 0.267 e. The third-order valence-electron chi connectivity index (χ3n) is 4.50. The fourth-order valence-electron chi connectivity index (χ4n) is 3.06. The Morgan fingerprint density at radius 2 is 1.88 bits per heavy atom. The van der Waals surface area contributed by atoms with E-state index in [1.807, 2.05) is 12.1 Å². The number of rotatable bonds is 4. The Balaban J connectivity index is 1.79. The van der Waals surface area contributed by atoms with Gasteiger partial charge in [-0.05, 0) is 38.0 Å². The summed E-state index contributed by atoms with van der Waals surface area (Å²) in [5, 5.41) is 7.43. The minimum absolute atomic E-state index is 0.150. The molecule has 24 heavy (non-hydrogen) atoms. The van der Waals surface area contributed by atoms with Gasteiger partial charge in [-0.15, -0.1) is 0 Å². The molecule has 1 amide bonds. The molecule has 0 spiro atoms. The molecule has 1 unspecified atom stereocenters. The van der Waals surface area contributed by atoms with Gasteiger partial charge in [-0.3, -0.25) is 14.6 Å². The smallest absolute Gasteiger partial charge is 0.267 e. The molecular formula is C18H22N4O2. The molecule has 6 nitrogen and oxygen atoms in total. The standard InChI is InChI=1S/C18H22N4O2/c1-13(18(24)20-15-5-3-2-4-6-15)22-17(23)8-7-16(21-22)14-9-11-19-12-10-14/h7-13,15H,2-6H2,1H3,(H,20,24). The first-order valence-electron chi connectivity index (χ1n) is 8.46. The summed E-state index contributed by atoms with van der Waals surface area (Å²) in [5.41, 5.74) is 1.23. The van der Waals surface area contributed by atoms with E-state index >= 15 is 0 Å². The molecular weight excluding hydrogens is 304 g/mol. The zero-order valence-corrected chi connectivity index (χ0v) is 13.8. The molecule has 0 saturated heterocycles. The number of hydrogen-bond donors (Lipinski definition) is 1. The molecule has 2 aromatic heterocycles. The molecule has 2 heterocycles. The number of hydrogen-bond acceptors (Lipinski definition) is 4. The van der Waals surface area contributed by atoms with E-state index < -0.39 is 6.04 Å². The lowest BCUT2D eigenvalue weighted by molar-refractivity contribution is -0.125. The second-order valence-electron chi connectivity index (χ2n) is 6.26. The predicted molar refractivity (Wildman–Crippen MR) is 91.5 cm³/mol. The van der Waals surface area contributed by atoms with Gasteiger partial charge in [0.25, 0.3) is 5.56 Å². The molecule has 0 aromatic carbocycles. The van der Waals surface area contributed by atoms with Gasteiger partial charge in [0.2, 0.25) is 5.91 Å². The minimum atomic E-state index is -0.638. The number of nitrogens with one attached hydrogen (secondary N) is 1. The molecule has 1 aliphatic rings. The van der Waals surface area contributed by atoms with Crippen molar-refractivity contribution in [1.82, 2.24) is 20.1 Å². The Labute approximate surface area is 140 Å². The van der Waals surface area contributed by atoms with E-state index in [1.165, 1.54) is 17.2 Å². The third kappa shape index (κ3) is 3.69. The van der Waals surface area contributed by atoms with Crippen LogP contribution in [-0.2, 0) is 4.79 Å². The van der Waals surface area contributed by atoms with Crippen LogP contribution in [0.15, 0.2) is 41.5 Å². The van der Waals surface area contributed by atoms with Gasteiger partial charge in [0.1, 0.15) is 6.04 Å². The highest BCUT2D eigenvalue weighted by atomic mass is 16.2. The monoisotopic (exact) mass is 326 g/mol. The molecule has 2 aromatic rings. The maximum atomic E-state index is 12.5. The molecule has 126 valence electrons. The van der Waals surface area contributed by atoms with Gasteiger partial charge < -0.3 is 5.32 Å². The molecule has 1 atom stereocenters. The molecule has 0 radical (unpaired) electrons. The lowest BCUT2D eigenvalue weighted by atomic mass is 9.95. The molecule has 3 rings (SSSR count). The first-order chi connectivity index (χ1) is 11.6. The highest BCUT2D eigenvalue weighted by Crippen LogP contribution is 2.18. The summed E-state index contributed by atoms with van der Waals surface area (Å²) < 4.78 is 1.26. The van der Waals surface area contributed by atoms with Crippen molar-refractivity contribution in [3.8, 4) is 11.3 Å². The van der Waals surface area contributed by atoms with Crippen LogP contribution in [0.25, 0.3) is 11.3 Å². The van der Waals surface area contributed by atoms with Crippen molar-refractivity contribution in [2.24, 2.45) is 0 Å². The summed E-state index contributed by atoms with van der Waals surface area (Å²) in [4.78, 5) is 28.6. The highest BCUT2D eigenvalue weighted by molar-refractivity contribution is 5.80. The zero-order valence-electron chi connectivity index (χ0n) is 13.8. The summed E-state index contributed by atoms with van der Waals surface area (Å²) in [7, 11) is 0. The van der Waals surface area contributed by atoms with Crippen LogP contribution in [0.4, 0.5) is 0 Å². The van der Waals surface area contributed by atoms with Gasteiger partial charge in [-0.1, -0.05) is 19.3 Å². The summed E-state index contributed by atoms with van der Waals surface area (Å²) in [5.74, 6) is -0.150. The number of carbonyl (C=O) groups excluding carboxylic acids is 1. The molecule has 0 bridgehead atoms. The number of aromatic nitrogens is 3. The molecule has 0 aliphatic heterocycles. The molecule has 1 saturated carbocycles. The fourth-order valence-corrected chi connectivity index (χ4v) is 3.06. The van der Waals surface area contributed by atoms with Crippen molar-refractivity contribution < 1.29 is 4.79 Å². The highest BCUT2D eigenvalue weighted by Gasteiger charge is 2.22. The van der Waals surface area contributed by atoms with Crippen molar-refractivity contribution in [2.45, 2.75) is 51.1 Å². The number of carbonyl (C=O) groups is 1. The van der Waals surface area contributed by atoms with Crippen molar-refractivity contribution in [3.63, 3.8) is 0 Å². The molecule has 1 fully saturated rings. The Hall–Kier alpha value is -2.50. The first kappa shape index (κ1) is 16.4. The van der Waals surface area contributed by atoms with Crippen LogP contribution in [0.5, 0.6) is 0 Å². The third-order valence-corrected chi connectivity index (χ3v) is 4.50. The zero-order chi connectivity index (χ0) is 16.9. The van der Waals surface area contributed by atoms with Crippen molar-refractivity contribution in [1.29, 1.82) is 0 Å². The van der Waals surface area contributed by atoms with E-state index in [2.05, 4.69) is 15.4 Å². The van der Waals surface area contributed by atoms with Crippen LogP contribution in [0.1, 0.15) is 45.1 Å². The SMILES string of the molecule is CC(C(=O)NC1CCCCC1)n1nc(-c2ccncc2)ccc1=O. The van der Waals surface area contributed by atoms with Crippen LogP contribution >= 0.6 is 0 Å². The quantitative estimate of drug-likeness (QED) is 0.935. The predicted octanol–water partition coefficient (Wildman–Crippen LogP) is 2.32. The first-order valence-corrected chi connectivity index (χ1v) is 8.46. The van der Waals surface area contributed by atoms with Gasteiger partial charge in [0.05, 0.1) is 5.69 Å². The number of amides is 1. The van der Waals surface area contributed by atoms with Crippen LogP contribution in [0.2, 0.25) is 0 Å². The summed E-state index contributed by atoms with van der Waals surface area (Å²) >= 11 is 0. The minimum Gasteiger partial charge on any atom is -0.352 e. The number of pyridine rings is 1. The second kappa shape index (κ2) is 7.38. The summed E-state index contributed by atoms with van der Waals surface area (Å²) in [6.45, 7) is 1.71. The average Bonchev–Trinajstić information content (AvgIpc) is 2.63. The van der Waals surface area contributed by atoms with Crippen LogP contribution in [0.3, 0.4) is 0 Å². The van der Waals surface area contributed by atoms with E-state index in [-0.39, 0.29) is 17.5 Å². The Kier molecular flexibility index (Phi) is 5.03. The Morgan fingerprint density at radius 3 is 2.58 bits per heavy atom. The lowest BCUT2D eigenvalue weighted by Gasteiger charge is -2.24. The van der Waals surface area contributed by atoms with Crippen molar-refractivity contribution in [2.75, 3.05) is 0 Å². The van der Waals surface area contributed by atoms with Crippen LogP contribution < -0.4 is 10.9 Å². The Morgan fingerprint density at radius 1 is 1.17 bits per heavy atom. The van der Waals surface area contributed by atoms with Crippen LogP contribution in [0, 0.1) is 0 Å². The second-order valence-corrected chi connectivity index (χ2v) is 6.26. The van der Waals surface area contributed by atoms with Crippen molar-refractivity contribution >= 4 is 5.91 Å². The maximum absolute atomic E-state index is 12.5. The Bertz CT molecular complexity index is 751. The van der Waals surface area contributed by atoms with Gasteiger partial charge in [0, 0.05) is 30.1 Å². The largest absolute Gasteiger partial charge is 0.352 e. The lowest BCUT2D eigenvalue weighted by Crippen LogP contribution is -2.42. The van der Waals surface area contributed by atoms with E-state index in [0.717, 1.165) is 31.2 Å². The van der Waals surface area contributed by atoms with E-state index in [9.17, 15) is 9.59 Å². The topological polar surface area (TPSA) is 76.9 Å². The van der Waals surface area contributed by atoms with E-state index in [1.54, 1.807) is 25.4 Å². The van der Waals surface area contributed by atoms with E-state index in [4.69, 9.17) is 0 Å². The summed E-state index contributed by atoms with van der Waals surface area (Å²) in [6.07, 6.45) is 8.90. The normalized spacial score (nSPS) is 16.5. The fraction of sp³-hybridized carbons (Fsp3) is 0.444. The molecule has 1 N–H and O–H groups in total. The van der Waals surface area contributed by atoms with Gasteiger partial charge >= 0.3 is 0 Å². The van der Waals surface area contributed by atoms with Gasteiger partial charge in [-0.2, -0.15) is 5.10 Å². The van der Waals surface area contributed by atoms with Gasteiger partial charge in [0.15, 0.2) is 0 Å². The molecule has 6 heteroatoms. The average molecular weight is 326 g/mol. The van der Waals surface area contributed by atoms with Crippen LogP contribution in [-0.4, -0.2) is 26.7 Å². The molecule has 1 aliphatic carbocycles.